The van der Waals surface area contributed by atoms with E-state index in [1.807, 2.05) is 42.1 Å². The predicted molar refractivity (Wildman–Crippen MR) is 82.3 cm³/mol. The number of hydrogen-bond donors (Lipinski definition) is 0. The van der Waals surface area contributed by atoms with E-state index < -0.39 is 0 Å². The molecule has 0 aromatic heterocycles. The van der Waals surface area contributed by atoms with Gasteiger partial charge in [0.15, 0.2) is 0 Å². The van der Waals surface area contributed by atoms with Crippen LogP contribution in [0.15, 0.2) is 42.5 Å². The second-order valence-electron chi connectivity index (χ2n) is 5.57. The van der Waals surface area contributed by atoms with E-state index >= 15 is 0 Å². The number of benzene rings is 1. The molecule has 1 heterocycles. The standard InChI is InChI=1S/C17H24N2O/c1-18(2)16-12-8-3-4-9-13-19(17(16)20)14-15-10-6-5-7-11-15/h3,5-8,10-11,16H,4,9,12-14H2,1-2H3/b8-3-. The molecule has 0 saturated heterocycles. The molecule has 0 aliphatic carbocycles. The van der Waals surface area contributed by atoms with Gasteiger partial charge < -0.3 is 4.90 Å². The van der Waals surface area contributed by atoms with E-state index in [9.17, 15) is 4.79 Å². The number of carbonyl (C=O) groups is 1. The van der Waals surface area contributed by atoms with Gasteiger partial charge in [0.05, 0.1) is 6.04 Å². The van der Waals surface area contributed by atoms with Gasteiger partial charge in [-0.05, 0) is 38.9 Å². The molecule has 108 valence electrons. The predicted octanol–water partition coefficient (Wildman–Crippen LogP) is 2.69. The molecule has 0 fully saturated rings. The highest BCUT2D eigenvalue weighted by Gasteiger charge is 2.25. The minimum absolute atomic E-state index is 0.0481. The Labute approximate surface area is 121 Å². The zero-order valence-corrected chi connectivity index (χ0v) is 12.5. The third kappa shape index (κ3) is 3.94. The lowest BCUT2D eigenvalue weighted by Crippen LogP contribution is -2.45. The Morgan fingerprint density at radius 2 is 1.95 bits per heavy atom. The maximum absolute atomic E-state index is 12.7. The molecule has 3 nitrogen and oxygen atoms in total. The average Bonchev–Trinajstić information content (AvgIpc) is 2.52. The molecule has 1 aromatic rings. The highest BCUT2D eigenvalue weighted by atomic mass is 16.2. The summed E-state index contributed by atoms with van der Waals surface area (Å²) < 4.78 is 0. The topological polar surface area (TPSA) is 23.6 Å². The molecule has 0 radical (unpaired) electrons. The fourth-order valence-corrected chi connectivity index (χ4v) is 2.56. The second-order valence-corrected chi connectivity index (χ2v) is 5.57. The van der Waals surface area contributed by atoms with Crippen molar-refractivity contribution in [3.63, 3.8) is 0 Å². The normalized spacial score (nSPS) is 22.2. The summed E-state index contributed by atoms with van der Waals surface area (Å²) in [5.74, 6) is 0.241. The highest BCUT2D eigenvalue weighted by molar-refractivity contribution is 5.82. The van der Waals surface area contributed by atoms with Crippen LogP contribution >= 0.6 is 0 Å². The number of amides is 1. The summed E-state index contributed by atoms with van der Waals surface area (Å²) in [7, 11) is 3.96. The molecule has 1 amide bonds. The molecule has 1 aromatic carbocycles. The molecule has 1 unspecified atom stereocenters. The van der Waals surface area contributed by atoms with Gasteiger partial charge in [0.2, 0.25) is 5.91 Å². The Balaban J connectivity index is 2.13. The molecule has 3 heteroatoms. The minimum atomic E-state index is -0.0481. The smallest absolute Gasteiger partial charge is 0.240 e. The van der Waals surface area contributed by atoms with E-state index in [4.69, 9.17) is 0 Å². The minimum Gasteiger partial charge on any atom is -0.337 e. The summed E-state index contributed by atoms with van der Waals surface area (Å²) in [6.07, 6.45) is 7.25. The molecule has 0 spiro atoms. The molecule has 1 atom stereocenters. The molecule has 0 bridgehead atoms. The maximum Gasteiger partial charge on any atom is 0.240 e. The Hall–Kier alpha value is -1.61. The van der Waals surface area contributed by atoms with Crippen LogP contribution < -0.4 is 0 Å². The first kappa shape index (κ1) is 14.8. The molecule has 1 aliphatic heterocycles. The van der Waals surface area contributed by atoms with E-state index in [1.54, 1.807) is 0 Å². The van der Waals surface area contributed by atoms with Crippen LogP contribution in [0.5, 0.6) is 0 Å². The molecule has 2 rings (SSSR count). The van der Waals surface area contributed by atoms with Gasteiger partial charge in [0.1, 0.15) is 0 Å². The van der Waals surface area contributed by atoms with Gasteiger partial charge in [0, 0.05) is 13.1 Å². The third-order valence-corrected chi connectivity index (χ3v) is 3.76. The quantitative estimate of drug-likeness (QED) is 0.790. The van der Waals surface area contributed by atoms with Gasteiger partial charge >= 0.3 is 0 Å². The molecular weight excluding hydrogens is 248 g/mol. The lowest BCUT2D eigenvalue weighted by molar-refractivity contribution is -0.136. The van der Waals surface area contributed by atoms with Crippen LogP contribution in [0, 0.1) is 0 Å². The summed E-state index contributed by atoms with van der Waals surface area (Å²) in [6, 6.07) is 10.2. The van der Waals surface area contributed by atoms with Gasteiger partial charge in [-0.2, -0.15) is 0 Å². The van der Waals surface area contributed by atoms with E-state index in [1.165, 1.54) is 5.56 Å². The fraction of sp³-hybridized carbons (Fsp3) is 0.471. The van der Waals surface area contributed by atoms with E-state index in [0.29, 0.717) is 6.54 Å². The number of carbonyl (C=O) groups excluding carboxylic acids is 1. The molecule has 0 saturated carbocycles. The number of nitrogens with zero attached hydrogens (tertiary/aromatic N) is 2. The van der Waals surface area contributed by atoms with E-state index in [2.05, 4.69) is 24.3 Å². The average molecular weight is 272 g/mol. The largest absolute Gasteiger partial charge is 0.337 e. The summed E-state index contributed by atoms with van der Waals surface area (Å²) in [4.78, 5) is 16.8. The van der Waals surface area contributed by atoms with Crippen LogP contribution in [0.1, 0.15) is 24.8 Å². The van der Waals surface area contributed by atoms with Crippen LogP contribution in [0.2, 0.25) is 0 Å². The van der Waals surface area contributed by atoms with Crippen molar-refractivity contribution in [1.82, 2.24) is 9.80 Å². The lowest BCUT2D eigenvalue weighted by Gasteiger charge is -2.30. The monoisotopic (exact) mass is 272 g/mol. The number of allylic oxidation sites excluding steroid dienone is 1. The summed E-state index contributed by atoms with van der Waals surface area (Å²) in [5.41, 5.74) is 1.20. The Kier molecular flexibility index (Phi) is 5.36. The SMILES string of the molecule is CN(C)C1C/C=C\CCCN(Cc2ccccc2)C1=O. The summed E-state index contributed by atoms with van der Waals surface area (Å²) in [6.45, 7) is 1.55. The van der Waals surface area contributed by atoms with Crippen molar-refractivity contribution in [2.75, 3.05) is 20.6 Å². The van der Waals surface area contributed by atoms with Gasteiger partial charge in [-0.25, -0.2) is 0 Å². The van der Waals surface area contributed by atoms with Gasteiger partial charge in [-0.1, -0.05) is 42.5 Å². The van der Waals surface area contributed by atoms with Crippen molar-refractivity contribution < 1.29 is 4.79 Å². The molecule has 0 N–H and O–H groups in total. The number of hydrogen-bond acceptors (Lipinski definition) is 2. The summed E-state index contributed by atoms with van der Waals surface area (Å²) >= 11 is 0. The van der Waals surface area contributed by atoms with Gasteiger partial charge in [-0.15, -0.1) is 0 Å². The highest BCUT2D eigenvalue weighted by Crippen LogP contribution is 2.14. The van der Waals surface area contributed by atoms with Crippen LogP contribution in [-0.2, 0) is 11.3 Å². The maximum atomic E-state index is 12.7. The lowest BCUT2D eigenvalue weighted by atomic mass is 10.1. The molecule has 20 heavy (non-hydrogen) atoms. The van der Waals surface area contributed by atoms with Crippen LogP contribution in [0.25, 0.3) is 0 Å². The third-order valence-electron chi connectivity index (χ3n) is 3.76. The zero-order chi connectivity index (χ0) is 14.4. The Morgan fingerprint density at radius 1 is 1.20 bits per heavy atom. The van der Waals surface area contributed by atoms with Crippen molar-refractivity contribution in [3.05, 3.63) is 48.0 Å². The number of likely N-dealkylation sites (N-methyl/N-ethyl adjacent to an activating group) is 1. The zero-order valence-electron chi connectivity index (χ0n) is 12.5. The Morgan fingerprint density at radius 3 is 2.65 bits per heavy atom. The fourth-order valence-electron chi connectivity index (χ4n) is 2.56. The second kappa shape index (κ2) is 7.25. The van der Waals surface area contributed by atoms with Crippen LogP contribution in [0.3, 0.4) is 0 Å². The van der Waals surface area contributed by atoms with Gasteiger partial charge in [0.25, 0.3) is 0 Å². The first-order chi connectivity index (χ1) is 9.68. The van der Waals surface area contributed by atoms with Crippen LogP contribution in [-0.4, -0.2) is 42.4 Å². The Bertz CT molecular complexity index is 453. The van der Waals surface area contributed by atoms with E-state index in [-0.39, 0.29) is 11.9 Å². The van der Waals surface area contributed by atoms with Crippen molar-refractivity contribution in [3.8, 4) is 0 Å². The van der Waals surface area contributed by atoms with Crippen molar-refractivity contribution in [2.24, 2.45) is 0 Å². The van der Waals surface area contributed by atoms with Gasteiger partial charge in [-0.3, -0.25) is 9.69 Å². The van der Waals surface area contributed by atoms with Crippen molar-refractivity contribution >= 4 is 5.91 Å². The first-order valence-corrected chi connectivity index (χ1v) is 7.32. The molecular formula is C17H24N2O. The summed E-state index contributed by atoms with van der Waals surface area (Å²) in [5, 5.41) is 0. The molecule has 1 aliphatic rings. The first-order valence-electron chi connectivity index (χ1n) is 7.32. The van der Waals surface area contributed by atoms with Crippen molar-refractivity contribution in [2.45, 2.75) is 31.8 Å². The van der Waals surface area contributed by atoms with Crippen LogP contribution in [0.4, 0.5) is 0 Å². The van der Waals surface area contributed by atoms with Crippen molar-refractivity contribution in [1.29, 1.82) is 0 Å². The van der Waals surface area contributed by atoms with E-state index in [0.717, 1.165) is 25.8 Å². The number of rotatable bonds is 3.